The maximum Gasteiger partial charge on any atom is 0.276 e. The van der Waals surface area contributed by atoms with E-state index in [4.69, 9.17) is 4.74 Å². The number of amides is 1. The maximum absolute atomic E-state index is 12.7. The molecule has 1 aromatic heterocycles. The Morgan fingerprint density at radius 1 is 1.30 bits per heavy atom. The number of hydrogen-bond acceptors (Lipinski definition) is 4. The minimum absolute atomic E-state index is 0.0196. The van der Waals surface area contributed by atoms with Gasteiger partial charge in [0.05, 0.1) is 18.5 Å². The van der Waals surface area contributed by atoms with Crippen LogP contribution in [0.4, 0.5) is 0 Å². The second-order valence-electron chi connectivity index (χ2n) is 6.13. The smallest absolute Gasteiger partial charge is 0.276 e. The van der Waals surface area contributed by atoms with Crippen LogP contribution < -0.4 is 4.74 Å². The highest BCUT2D eigenvalue weighted by Gasteiger charge is 2.26. The molecule has 1 saturated heterocycles. The fourth-order valence-electron chi connectivity index (χ4n) is 3.02. The number of carbonyl (C=O) groups is 1. The SMILES string of the molecule is COc1ccc(-n2nnc(C(=O)N3CCC[C@@H](C)C3)c2C)cc1. The van der Waals surface area contributed by atoms with Gasteiger partial charge in [-0.3, -0.25) is 4.79 Å². The highest BCUT2D eigenvalue weighted by Crippen LogP contribution is 2.20. The van der Waals surface area contributed by atoms with Crippen LogP contribution in [0.2, 0.25) is 0 Å². The summed E-state index contributed by atoms with van der Waals surface area (Å²) in [6.07, 6.45) is 2.24. The lowest BCUT2D eigenvalue weighted by molar-refractivity contribution is 0.0676. The number of piperidine rings is 1. The molecule has 1 amide bonds. The van der Waals surface area contributed by atoms with Crippen molar-refractivity contribution in [3.8, 4) is 11.4 Å². The van der Waals surface area contributed by atoms with Crippen molar-refractivity contribution in [2.24, 2.45) is 5.92 Å². The number of ether oxygens (including phenoxy) is 1. The summed E-state index contributed by atoms with van der Waals surface area (Å²) in [5.41, 5.74) is 2.06. The zero-order valence-corrected chi connectivity index (χ0v) is 13.8. The summed E-state index contributed by atoms with van der Waals surface area (Å²) in [7, 11) is 1.63. The van der Waals surface area contributed by atoms with Gasteiger partial charge in [0.1, 0.15) is 5.75 Å². The first kappa shape index (κ1) is 15.5. The Balaban J connectivity index is 1.84. The topological polar surface area (TPSA) is 60.2 Å². The Hall–Kier alpha value is -2.37. The molecule has 0 unspecified atom stereocenters. The molecule has 0 N–H and O–H groups in total. The third-order valence-corrected chi connectivity index (χ3v) is 4.36. The van der Waals surface area contributed by atoms with Gasteiger partial charge in [0, 0.05) is 13.1 Å². The van der Waals surface area contributed by atoms with Gasteiger partial charge in [-0.25, -0.2) is 4.68 Å². The number of aromatic nitrogens is 3. The number of rotatable bonds is 3. The second-order valence-corrected chi connectivity index (χ2v) is 6.13. The predicted molar refractivity (Wildman–Crippen MR) is 86.9 cm³/mol. The van der Waals surface area contributed by atoms with Crippen LogP contribution in [0.25, 0.3) is 5.69 Å². The van der Waals surface area contributed by atoms with Crippen LogP contribution in [0, 0.1) is 12.8 Å². The summed E-state index contributed by atoms with van der Waals surface area (Å²) >= 11 is 0. The van der Waals surface area contributed by atoms with E-state index in [2.05, 4.69) is 17.2 Å². The fraction of sp³-hybridized carbons (Fsp3) is 0.471. The second kappa shape index (κ2) is 6.40. The van der Waals surface area contributed by atoms with Crippen LogP contribution in [0.15, 0.2) is 24.3 Å². The van der Waals surface area contributed by atoms with E-state index in [-0.39, 0.29) is 5.91 Å². The number of likely N-dealkylation sites (tertiary alicyclic amines) is 1. The molecular formula is C17H22N4O2. The van der Waals surface area contributed by atoms with E-state index in [1.165, 1.54) is 6.42 Å². The molecule has 2 heterocycles. The quantitative estimate of drug-likeness (QED) is 0.873. The van der Waals surface area contributed by atoms with E-state index >= 15 is 0 Å². The molecule has 0 bridgehead atoms. The van der Waals surface area contributed by atoms with Gasteiger partial charge >= 0.3 is 0 Å². The van der Waals surface area contributed by atoms with Crippen LogP contribution >= 0.6 is 0 Å². The van der Waals surface area contributed by atoms with Crippen LogP contribution in [0.5, 0.6) is 5.75 Å². The van der Waals surface area contributed by atoms with Gasteiger partial charge in [0.15, 0.2) is 5.69 Å². The van der Waals surface area contributed by atoms with Gasteiger partial charge in [-0.2, -0.15) is 0 Å². The van der Waals surface area contributed by atoms with Crippen LogP contribution in [-0.2, 0) is 0 Å². The van der Waals surface area contributed by atoms with Crippen molar-refractivity contribution < 1.29 is 9.53 Å². The number of benzene rings is 1. The van der Waals surface area contributed by atoms with E-state index in [0.29, 0.717) is 11.6 Å². The van der Waals surface area contributed by atoms with Gasteiger partial charge in [-0.1, -0.05) is 12.1 Å². The van der Waals surface area contributed by atoms with Crippen LogP contribution in [0.3, 0.4) is 0 Å². The molecular weight excluding hydrogens is 292 g/mol. The lowest BCUT2D eigenvalue weighted by atomic mass is 10.00. The lowest BCUT2D eigenvalue weighted by Crippen LogP contribution is -2.39. The summed E-state index contributed by atoms with van der Waals surface area (Å²) in [6.45, 7) is 5.66. The number of hydrogen-bond donors (Lipinski definition) is 0. The molecule has 3 rings (SSSR count). The summed E-state index contributed by atoms with van der Waals surface area (Å²) < 4.78 is 6.86. The average Bonchev–Trinajstić information content (AvgIpc) is 2.96. The zero-order valence-electron chi connectivity index (χ0n) is 13.8. The minimum atomic E-state index is -0.0196. The molecule has 1 fully saturated rings. The first-order valence-corrected chi connectivity index (χ1v) is 7.96. The van der Waals surface area contributed by atoms with Crippen molar-refractivity contribution in [3.05, 3.63) is 35.7 Å². The normalized spacial score (nSPS) is 18.0. The van der Waals surface area contributed by atoms with E-state index in [0.717, 1.165) is 36.6 Å². The number of carbonyl (C=O) groups excluding carboxylic acids is 1. The summed E-state index contributed by atoms with van der Waals surface area (Å²) in [5, 5.41) is 8.28. The van der Waals surface area contributed by atoms with Crippen molar-refractivity contribution in [3.63, 3.8) is 0 Å². The van der Waals surface area contributed by atoms with E-state index in [1.807, 2.05) is 36.1 Å². The fourth-order valence-corrected chi connectivity index (χ4v) is 3.02. The number of nitrogens with zero attached hydrogens (tertiary/aromatic N) is 4. The Labute approximate surface area is 136 Å². The van der Waals surface area contributed by atoms with E-state index in [1.54, 1.807) is 11.8 Å². The maximum atomic E-state index is 12.7. The molecule has 0 radical (unpaired) electrons. The Morgan fingerprint density at radius 3 is 2.70 bits per heavy atom. The summed E-state index contributed by atoms with van der Waals surface area (Å²) in [5.74, 6) is 1.31. The largest absolute Gasteiger partial charge is 0.497 e. The molecule has 23 heavy (non-hydrogen) atoms. The van der Waals surface area contributed by atoms with Gasteiger partial charge in [-0.05, 0) is 49.9 Å². The molecule has 0 saturated carbocycles. The molecule has 1 aromatic carbocycles. The third kappa shape index (κ3) is 3.06. The Bertz CT molecular complexity index is 693. The monoisotopic (exact) mass is 314 g/mol. The van der Waals surface area contributed by atoms with Gasteiger partial charge in [0.25, 0.3) is 5.91 Å². The van der Waals surface area contributed by atoms with Crippen molar-refractivity contribution in [2.75, 3.05) is 20.2 Å². The summed E-state index contributed by atoms with van der Waals surface area (Å²) in [4.78, 5) is 14.6. The zero-order chi connectivity index (χ0) is 16.4. The average molecular weight is 314 g/mol. The first-order valence-electron chi connectivity index (χ1n) is 7.96. The van der Waals surface area contributed by atoms with Crippen molar-refractivity contribution in [1.82, 2.24) is 19.9 Å². The summed E-state index contributed by atoms with van der Waals surface area (Å²) in [6, 6.07) is 7.53. The van der Waals surface area contributed by atoms with Crippen LogP contribution in [-0.4, -0.2) is 46.0 Å². The van der Waals surface area contributed by atoms with E-state index in [9.17, 15) is 4.79 Å². The van der Waals surface area contributed by atoms with Crippen molar-refractivity contribution in [2.45, 2.75) is 26.7 Å². The molecule has 6 heteroatoms. The van der Waals surface area contributed by atoms with Crippen molar-refractivity contribution in [1.29, 1.82) is 0 Å². The van der Waals surface area contributed by atoms with Crippen molar-refractivity contribution >= 4 is 5.91 Å². The molecule has 2 aromatic rings. The molecule has 122 valence electrons. The predicted octanol–water partition coefficient (Wildman–Crippen LogP) is 2.46. The van der Waals surface area contributed by atoms with Gasteiger partial charge in [-0.15, -0.1) is 5.10 Å². The highest BCUT2D eigenvalue weighted by atomic mass is 16.5. The minimum Gasteiger partial charge on any atom is -0.497 e. The Morgan fingerprint density at radius 2 is 2.04 bits per heavy atom. The molecule has 1 aliphatic heterocycles. The molecule has 1 atom stereocenters. The number of methoxy groups -OCH3 is 1. The first-order chi connectivity index (χ1) is 11.1. The Kier molecular flexibility index (Phi) is 4.32. The standard InChI is InChI=1S/C17H22N4O2/c1-12-5-4-10-20(11-12)17(22)16-13(2)21(19-18-16)14-6-8-15(23-3)9-7-14/h6-9,12H,4-5,10-11H2,1-3H3/t12-/m1/s1. The molecule has 0 spiro atoms. The van der Waals surface area contributed by atoms with Gasteiger partial charge < -0.3 is 9.64 Å². The third-order valence-electron chi connectivity index (χ3n) is 4.36. The highest BCUT2D eigenvalue weighted by molar-refractivity contribution is 5.93. The van der Waals surface area contributed by atoms with Gasteiger partial charge in [0.2, 0.25) is 0 Å². The lowest BCUT2D eigenvalue weighted by Gasteiger charge is -2.30. The van der Waals surface area contributed by atoms with E-state index < -0.39 is 0 Å². The molecule has 0 aliphatic carbocycles. The molecule has 1 aliphatic rings. The van der Waals surface area contributed by atoms with Crippen LogP contribution in [0.1, 0.15) is 35.9 Å². The molecule has 6 nitrogen and oxygen atoms in total.